The Morgan fingerprint density at radius 2 is 0.921 bits per heavy atom. The van der Waals surface area contributed by atoms with Crippen molar-refractivity contribution < 1.29 is 17.6 Å². The summed E-state index contributed by atoms with van der Waals surface area (Å²) in [6.07, 6.45) is 17.0. The van der Waals surface area contributed by atoms with Crippen LogP contribution in [-0.2, 0) is 21.7 Å². The normalized spacial score (nSPS) is 22.8. The van der Waals surface area contributed by atoms with Crippen molar-refractivity contribution in [3.05, 3.63) is 82.2 Å². The van der Waals surface area contributed by atoms with Crippen molar-refractivity contribution in [3.63, 3.8) is 0 Å². The van der Waals surface area contributed by atoms with Crippen LogP contribution >= 0.6 is 0 Å². The lowest BCUT2D eigenvalue weighted by Gasteiger charge is -2.42. The zero-order valence-electron chi connectivity index (χ0n) is 41.4. The predicted octanol–water partition coefficient (Wildman–Crippen LogP) is 13.8. The van der Waals surface area contributed by atoms with Gasteiger partial charge in [0.2, 0.25) is 0 Å². The summed E-state index contributed by atoms with van der Waals surface area (Å²) in [5.41, 5.74) is 9.27. The Balaban J connectivity index is 0.931. The number of aromatic nitrogens is 6. The average molecular weight is 903 g/mol. The van der Waals surface area contributed by atoms with Gasteiger partial charge >= 0.3 is 0 Å². The van der Waals surface area contributed by atoms with Crippen LogP contribution in [0.15, 0.2) is 36.9 Å². The van der Waals surface area contributed by atoms with Gasteiger partial charge in [-0.25, -0.2) is 18.7 Å². The van der Waals surface area contributed by atoms with E-state index >= 15 is 8.78 Å². The molecular formula is C51H80F2N6O2Si2. The molecule has 0 saturated heterocycles. The van der Waals surface area contributed by atoms with Crippen molar-refractivity contribution in [1.82, 2.24) is 29.1 Å². The van der Waals surface area contributed by atoms with Crippen molar-refractivity contribution in [2.24, 2.45) is 0 Å². The van der Waals surface area contributed by atoms with Crippen molar-refractivity contribution in [2.75, 3.05) is 0 Å². The van der Waals surface area contributed by atoms with Gasteiger partial charge in [-0.05, 0) is 151 Å². The van der Waals surface area contributed by atoms with Gasteiger partial charge < -0.3 is 18.0 Å². The van der Waals surface area contributed by atoms with Crippen LogP contribution in [0.1, 0.15) is 169 Å². The molecule has 4 heterocycles. The smallest absolute Gasteiger partial charge is 0.192 e. The molecule has 0 aromatic carbocycles. The van der Waals surface area contributed by atoms with Gasteiger partial charge in [0.05, 0.1) is 48.4 Å². The molecule has 6 rings (SSSR count). The van der Waals surface area contributed by atoms with Crippen molar-refractivity contribution >= 4 is 16.6 Å². The van der Waals surface area contributed by atoms with E-state index in [0.717, 1.165) is 85.8 Å². The molecular weight excluding hydrogens is 823 g/mol. The Hall–Kier alpha value is -3.07. The van der Waals surface area contributed by atoms with Gasteiger partial charge in [-0.15, -0.1) is 0 Å². The third-order valence-electron chi connectivity index (χ3n) is 15.5. The number of alkyl halides is 2. The lowest BCUT2D eigenvalue weighted by Crippen LogP contribution is -2.47. The molecule has 0 aliphatic heterocycles. The minimum Gasteiger partial charge on any atom is -0.411 e. The molecule has 12 heteroatoms. The van der Waals surface area contributed by atoms with E-state index in [0.29, 0.717) is 12.8 Å². The number of nitrogens with zero attached hydrogens (tertiary/aromatic N) is 6. The van der Waals surface area contributed by atoms with Gasteiger partial charge in [-0.2, -0.15) is 0 Å². The second-order valence-electron chi connectivity index (χ2n) is 22.2. The van der Waals surface area contributed by atoms with E-state index in [2.05, 4.69) is 117 Å². The monoisotopic (exact) mass is 903 g/mol. The van der Waals surface area contributed by atoms with Gasteiger partial charge in [-0.3, -0.25) is 9.97 Å². The molecule has 348 valence electrons. The fraction of sp³-hybridized carbons (Fsp3) is 0.686. The quantitative estimate of drug-likeness (QED) is 0.0823. The Morgan fingerprint density at radius 3 is 1.24 bits per heavy atom. The topological polar surface area (TPSA) is 79.9 Å². The first-order valence-electron chi connectivity index (χ1n) is 24.1. The fourth-order valence-corrected chi connectivity index (χ4v) is 12.2. The van der Waals surface area contributed by atoms with Crippen LogP contribution in [0.3, 0.4) is 0 Å². The van der Waals surface area contributed by atoms with Crippen LogP contribution in [-0.4, -0.2) is 70.3 Å². The van der Waals surface area contributed by atoms with E-state index in [1.165, 1.54) is 41.8 Å². The van der Waals surface area contributed by atoms with E-state index in [-0.39, 0.29) is 34.1 Å². The number of hydrogen-bond donors (Lipinski definition) is 0. The zero-order chi connectivity index (χ0) is 46.1. The SMILES string of the molecule is Cc1cc(CCCCCCCc2cc(C)n(-c3cnc([C@H]4CCC(O[Si](C)(C)C(C)(C)C)[C@@H](F)C4)cn3)c2C)c(C)n1-c1cnc([C@@H]2CCC(O[Si](C)(C)C(C)(C)C)[C@@H](F)C2)cn1. The molecule has 2 unspecified atom stereocenters. The average Bonchev–Trinajstić information content (AvgIpc) is 3.65. The maximum Gasteiger partial charge on any atom is 0.192 e. The van der Waals surface area contributed by atoms with Gasteiger partial charge in [-0.1, -0.05) is 60.8 Å². The maximum atomic E-state index is 15.4. The number of unbranched alkanes of at least 4 members (excludes halogenated alkanes) is 4. The van der Waals surface area contributed by atoms with E-state index in [1.807, 2.05) is 24.8 Å². The molecule has 2 aliphatic carbocycles. The lowest BCUT2D eigenvalue weighted by molar-refractivity contribution is 0.0448. The minimum absolute atomic E-state index is 0.0648. The Morgan fingerprint density at radius 1 is 0.556 bits per heavy atom. The highest BCUT2D eigenvalue weighted by atomic mass is 28.4. The molecule has 63 heavy (non-hydrogen) atoms. The molecule has 0 amide bonds. The van der Waals surface area contributed by atoms with Crippen LogP contribution in [0, 0.1) is 27.7 Å². The van der Waals surface area contributed by atoms with Crippen molar-refractivity contribution in [1.29, 1.82) is 0 Å². The largest absolute Gasteiger partial charge is 0.411 e. The standard InChI is InChI=1S/C51H80F2N6O2Si2/c1-34-26-38(36(3)58(34)48-32-54-44(30-56-48)40-22-24-46(42(52)28-40)60-62(11,12)50(5,6)7)20-18-16-15-17-19-21-39-27-35(2)59(37(39)4)49-33-55-45(31-57-49)41-23-25-47(43(53)29-41)61-63(13,14)51(8,9)10/h26-27,30-33,40-43,46-47H,15-25,28-29H2,1-14H3/t40-,41+,42-,43-,46?,47?/m0/s1. The third kappa shape index (κ3) is 11.5. The number of rotatable bonds is 16. The van der Waals surface area contributed by atoms with E-state index in [4.69, 9.17) is 28.8 Å². The number of halogens is 2. The summed E-state index contributed by atoms with van der Waals surface area (Å²) in [5, 5.41) is 0.130. The summed E-state index contributed by atoms with van der Waals surface area (Å²) in [5.74, 6) is 1.79. The zero-order valence-corrected chi connectivity index (χ0v) is 43.4. The summed E-state index contributed by atoms with van der Waals surface area (Å²) >= 11 is 0. The van der Waals surface area contributed by atoms with Gasteiger partial charge in [0.15, 0.2) is 28.3 Å². The molecule has 2 fully saturated rings. The Labute approximate surface area is 381 Å². The van der Waals surface area contributed by atoms with Crippen LogP contribution in [0.25, 0.3) is 11.6 Å². The van der Waals surface area contributed by atoms with Gasteiger partial charge in [0.1, 0.15) is 12.3 Å². The summed E-state index contributed by atoms with van der Waals surface area (Å²) < 4.78 is 48.3. The van der Waals surface area contributed by atoms with E-state index in [9.17, 15) is 0 Å². The molecule has 6 atom stereocenters. The molecule has 0 spiro atoms. The number of aryl methyl sites for hydroxylation is 4. The predicted molar refractivity (Wildman–Crippen MR) is 259 cm³/mol. The highest BCUT2D eigenvalue weighted by Gasteiger charge is 2.44. The fourth-order valence-electron chi connectivity index (χ4n) is 9.43. The van der Waals surface area contributed by atoms with Crippen LogP contribution < -0.4 is 0 Å². The molecule has 8 nitrogen and oxygen atoms in total. The van der Waals surface area contributed by atoms with Crippen molar-refractivity contribution in [3.8, 4) is 11.6 Å². The van der Waals surface area contributed by atoms with E-state index < -0.39 is 29.0 Å². The number of hydrogen-bond acceptors (Lipinski definition) is 6. The van der Waals surface area contributed by atoms with E-state index in [1.54, 1.807) is 0 Å². The lowest BCUT2D eigenvalue weighted by atomic mass is 9.84. The summed E-state index contributed by atoms with van der Waals surface area (Å²) in [6, 6.07) is 4.60. The summed E-state index contributed by atoms with van der Waals surface area (Å²) in [6.45, 7) is 30.7. The molecule has 4 aromatic rings. The Bertz CT molecular complexity index is 1970. The maximum absolute atomic E-state index is 15.4. The van der Waals surface area contributed by atoms with Gasteiger partial charge in [0, 0.05) is 34.6 Å². The van der Waals surface area contributed by atoms with Crippen molar-refractivity contribution in [2.45, 2.75) is 225 Å². The molecule has 0 N–H and O–H groups in total. The molecule has 2 saturated carbocycles. The summed E-state index contributed by atoms with van der Waals surface area (Å²) in [4.78, 5) is 19.4. The van der Waals surface area contributed by atoms with Crippen LogP contribution in [0.5, 0.6) is 0 Å². The van der Waals surface area contributed by atoms with Gasteiger partial charge in [0.25, 0.3) is 0 Å². The highest BCUT2D eigenvalue weighted by Crippen LogP contribution is 2.43. The minimum atomic E-state index is -2.02. The first kappa shape index (κ1) is 49.4. The highest BCUT2D eigenvalue weighted by molar-refractivity contribution is 6.74. The second kappa shape index (κ2) is 19.8. The first-order valence-corrected chi connectivity index (χ1v) is 29.9. The van der Waals surface area contributed by atoms with Crippen LogP contribution in [0.4, 0.5) is 8.78 Å². The first-order chi connectivity index (χ1) is 29.5. The molecule has 4 aromatic heterocycles. The Kier molecular flexibility index (Phi) is 15.5. The molecule has 0 bridgehead atoms. The molecule has 0 radical (unpaired) electrons. The summed E-state index contributed by atoms with van der Waals surface area (Å²) in [7, 11) is -4.05. The van der Waals surface area contributed by atoms with Crippen LogP contribution in [0.2, 0.25) is 36.3 Å². The molecule has 2 aliphatic rings. The third-order valence-corrected chi connectivity index (χ3v) is 24.5. The second-order valence-corrected chi connectivity index (χ2v) is 31.7.